The van der Waals surface area contributed by atoms with Crippen LogP contribution in [0.15, 0.2) is 59.5 Å². The summed E-state index contributed by atoms with van der Waals surface area (Å²) in [6, 6.07) is 15.2. The van der Waals surface area contributed by atoms with Crippen LogP contribution >= 0.6 is 11.6 Å². The van der Waals surface area contributed by atoms with Gasteiger partial charge in [0.25, 0.3) is 0 Å². The van der Waals surface area contributed by atoms with E-state index in [0.29, 0.717) is 5.02 Å². The zero-order valence-corrected chi connectivity index (χ0v) is 15.7. The smallest absolute Gasteiger partial charge is 0.243 e. The molecule has 1 unspecified atom stereocenters. The predicted octanol–water partition coefficient (Wildman–Crippen LogP) is 3.23. The lowest BCUT2D eigenvalue weighted by Crippen LogP contribution is -2.41. The molecule has 5 nitrogen and oxygen atoms in total. The summed E-state index contributed by atoms with van der Waals surface area (Å²) < 4.78 is 26.5. The molecule has 0 spiro atoms. The normalized spacial score (nSPS) is 12.8. The van der Waals surface area contributed by atoms with Gasteiger partial charge in [0.1, 0.15) is 0 Å². The molecular weight excluding hydrogens is 360 g/mol. The summed E-state index contributed by atoms with van der Waals surface area (Å²) in [5, 5.41) is 3.28. The third kappa shape index (κ3) is 5.04. The van der Waals surface area contributed by atoms with Gasteiger partial charge in [-0.05, 0) is 36.8 Å². The molecule has 1 atom stereocenters. The van der Waals surface area contributed by atoms with Crippen molar-refractivity contribution >= 4 is 27.5 Å². The fourth-order valence-electron chi connectivity index (χ4n) is 2.39. The largest absolute Gasteiger partial charge is 0.348 e. The Morgan fingerprint density at radius 3 is 2.28 bits per heavy atom. The summed E-state index contributed by atoms with van der Waals surface area (Å²) in [7, 11) is -3.75. The zero-order chi connectivity index (χ0) is 18.4. The van der Waals surface area contributed by atoms with Gasteiger partial charge in [-0.3, -0.25) is 4.79 Å². The quantitative estimate of drug-likeness (QED) is 0.801. The van der Waals surface area contributed by atoms with E-state index >= 15 is 0 Å². The Labute approximate surface area is 153 Å². The first-order valence-corrected chi connectivity index (χ1v) is 9.76. The highest BCUT2D eigenvalue weighted by Crippen LogP contribution is 2.18. The molecule has 0 heterocycles. The van der Waals surface area contributed by atoms with Crippen LogP contribution in [0.1, 0.15) is 25.5 Å². The lowest BCUT2D eigenvalue weighted by molar-refractivity contribution is -0.121. The van der Waals surface area contributed by atoms with Crippen LogP contribution in [0.5, 0.6) is 0 Å². The number of nitrogens with one attached hydrogen (secondary N) is 1. The van der Waals surface area contributed by atoms with Gasteiger partial charge in [-0.1, -0.05) is 48.9 Å². The Morgan fingerprint density at radius 2 is 1.72 bits per heavy atom. The third-order valence-corrected chi connectivity index (χ3v) is 5.99. The first-order chi connectivity index (χ1) is 11.8. The van der Waals surface area contributed by atoms with Crippen LogP contribution in [-0.2, 0) is 14.8 Å². The number of nitrogens with zero attached hydrogens (tertiary/aromatic N) is 1. The summed E-state index contributed by atoms with van der Waals surface area (Å²) in [4.78, 5) is 12.4. The van der Waals surface area contributed by atoms with Crippen molar-refractivity contribution in [2.45, 2.75) is 24.8 Å². The second-order valence-corrected chi connectivity index (χ2v) is 7.96. The Balaban J connectivity index is 2.08. The molecule has 1 N–H and O–H groups in total. The van der Waals surface area contributed by atoms with E-state index in [2.05, 4.69) is 5.32 Å². The van der Waals surface area contributed by atoms with Gasteiger partial charge in [0, 0.05) is 11.6 Å². The monoisotopic (exact) mass is 380 g/mol. The van der Waals surface area contributed by atoms with Crippen LogP contribution in [-0.4, -0.2) is 31.7 Å². The fourth-order valence-corrected chi connectivity index (χ4v) is 3.93. The van der Waals surface area contributed by atoms with E-state index in [9.17, 15) is 13.2 Å². The number of rotatable bonds is 7. The minimum absolute atomic E-state index is 0.114. The number of hydrogen-bond acceptors (Lipinski definition) is 3. The highest BCUT2D eigenvalue weighted by atomic mass is 35.5. The van der Waals surface area contributed by atoms with Gasteiger partial charge in [-0.15, -0.1) is 0 Å². The molecule has 0 aliphatic rings. The summed E-state index contributed by atoms with van der Waals surface area (Å²) >= 11 is 5.80. The van der Waals surface area contributed by atoms with E-state index in [4.69, 9.17) is 11.6 Å². The first-order valence-electron chi connectivity index (χ1n) is 7.94. The standard InChI is InChI=1S/C18H21ClN2O3S/c1-3-21(25(23,24)17-11-9-16(19)10-12-17)13-18(22)20-14(2)15-7-5-4-6-8-15/h4-12,14H,3,13H2,1-2H3,(H,20,22). The van der Waals surface area contributed by atoms with Crippen LogP contribution in [0.25, 0.3) is 0 Å². The summed E-state index contributed by atoms with van der Waals surface area (Å²) in [6.45, 7) is 3.51. The first kappa shape index (κ1) is 19.4. The van der Waals surface area contributed by atoms with Crippen LogP contribution in [0, 0.1) is 0 Å². The molecule has 0 saturated heterocycles. The van der Waals surface area contributed by atoms with E-state index in [1.165, 1.54) is 24.3 Å². The molecule has 0 aromatic heterocycles. The Morgan fingerprint density at radius 1 is 1.12 bits per heavy atom. The van der Waals surface area contributed by atoms with Crippen molar-refractivity contribution in [3.05, 3.63) is 65.2 Å². The van der Waals surface area contributed by atoms with E-state index in [-0.39, 0.29) is 29.9 Å². The van der Waals surface area contributed by atoms with Crippen LogP contribution in [0.3, 0.4) is 0 Å². The van der Waals surface area contributed by atoms with Gasteiger partial charge in [0.15, 0.2) is 0 Å². The molecule has 2 rings (SSSR count). The van der Waals surface area contributed by atoms with Crippen LogP contribution in [0.2, 0.25) is 5.02 Å². The van der Waals surface area contributed by atoms with Gasteiger partial charge in [0.05, 0.1) is 17.5 Å². The number of likely N-dealkylation sites (N-methyl/N-ethyl adjacent to an activating group) is 1. The molecule has 0 radical (unpaired) electrons. The molecule has 0 saturated carbocycles. The molecule has 134 valence electrons. The lowest BCUT2D eigenvalue weighted by Gasteiger charge is -2.21. The van der Waals surface area contributed by atoms with E-state index < -0.39 is 10.0 Å². The number of sulfonamides is 1. The van der Waals surface area contributed by atoms with Crippen molar-refractivity contribution in [1.82, 2.24) is 9.62 Å². The second-order valence-electron chi connectivity index (χ2n) is 5.59. The number of halogens is 1. The number of hydrogen-bond donors (Lipinski definition) is 1. The molecule has 2 aromatic rings. The number of carbonyl (C=O) groups excluding carboxylic acids is 1. The van der Waals surface area contributed by atoms with Crippen molar-refractivity contribution in [1.29, 1.82) is 0 Å². The lowest BCUT2D eigenvalue weighted by atomic mass is 10.1. The minimum atomic E-state index is -3.75. The van der Waals surface area contributed by atoms with E-state index in [1.54, 1.807) is 6.92 Å². The van der Waals surface area contributed by atoms with Crippen molar-refractivity contribution < 1.29 is 13.2 Å². The maximum atomic E-state index is 12.7. The van der Waals surface area contributed by atoms with Crippen LogP contribution in [0.4, 0.5) is 0 Å². The topological polar surface area (TPSA) is 66.5 Å². The second kappa shape index (κ2) is 8.47. The Kier molecular flexibility index (Phi) is 6.58. The molecule has 1 amide bonds. The fraction of sp³-hybridized carbons (Fsp3) is 0.278. The number of amides is 1. The van der Waals surface area contributed by atoms with Gasteiger partial charge >= 0.3 is 0 Å². The maximum Gasteiger partial charge on any atom is 0.243 e. The molecular formula is C18H21ClN2O3S. The van der Waals surface area contributed by atoms with Crippen molar-refractivity contribution in [2.75, 3.05) is 13.1 Å². The average Bonchev–Trinajstić information content (AvgIpc) is 2.60. The van der Waals surface area contributed by atoms with Gasteiger partial charge in [0.2, 0.25) is 15.9 Å². The van der Waals surface area contributed by atoms with Crippen LogP contribution < -0.4 is 5.32 Å². The minimum Gasteiger partial charge on any atom is -0.348 e. The molecule has 2 aromatic carbocycles. The van der Waals surface area contributed by atoms with Gasteiger partial charge in [-0.2, -0.15) is 4.31 Å². The zero-order valence-electron chi connectivity index (χ0n) is 14.1. The Bertz CT molecular complexity index is 808. The van der Waals surface area contributed by atoms with Gasteiger partial charge < -0.3 is 5.32 Å². The molecule has 0 aliphatic heterocycles. The predicted molar refractivity (Wildman–Crippen MR) is 98.9 cm³/mol. The SMILES string of the molecule is CCN(CC(=O)NC(C)c1ccccc1)S(=O)(=O)c1ccc(Cl)cc1. The summed E-state index contributed by atoms with van der Waals surface area (Å²) in [5.41, 5.74) is 0.958. The molecule has 25 heavy (non-hydrogen) atoms. The Hall–Kier alpha value is -1.89. The molecule has 0 aliphatic carbocycles. The molecule has 7 heteroatoms. The van der Waals surface area contributed by atoms with Crippen molar-refractivity contribution in [3.8, 4) is 0 Å². The number of carbonyl (C=O) groups is 1. The highest BCUT2D eigenvalue weighted by molar-refractivity contribution is 7.89. The van der Waals surface area contributed by atoms with Crippen molar-refractivity contribution in [3.63, 3.8) is 0 Å². The summed E-state index contributed by atoms with van der Waals surface area (Å²) in [6.07, 6.45) is 0. The molecule has 0 bridgehead atoms. The van der Waals surface area contributed by atoms with E-state index in [1.807, 2.05) is 37.3 Å². The highest BCUT2D eigenvalue weighted by Gasteiger charge is 2.25. The van der Waals surface area contributed by atoms with Gasteiger partial charge in [-0.25, -0.2) is 8.42 Å². The maximum absolute atomic E-state index is 12.7. The summed E-state index contributed by atoms with van der Waals surface area (Å²) in [5.74, 6) is -0.351. The number of benzene rings is 2. The molecule has 0 fully saturated rings. The van der Waals surface area contributed by atoms with Crippen molar-refractivity contribution in [2.24, 2.45) is 0 Å². The van der Waals surface area contributed by atoms with E-state index in [0.717, 1.165) is 9.87 Å². The average molecular weight is 381 g/mol. The third-order valence-electron chi connectivity index (χ3n) is 3.80.